The van der Waals surface area contributed by atoms with Crippen LogP contribution in [-0.4, -0.2) is 26.4 Å². The van der Waals surface area contributed by atoms with Crippen molar-refractivity contribution in [2.24, 2.45) is 0 Å². The van der Waals surface area contributed by atoms with Gasteiger partial charge in [-0.05, 0) is 36.8 Å². The number of aliphatic hydroxyl groups excluding tert-OH is 1. The van der Waals surface area contributed by atoms with Gasteiger partial charge in [0.05, 0.1) is 23.9 Å². The second-order valence-electron chi connectivity index (χ2n) is 4.89. The van der Waals surface area contributed by atoms with E-state index in [0.29, 0.717) is 11.3 Å². The first-order valence-corrected chi connectivity index (χ1v) is 8.19. The van der Waals surface area contributed by atoms with Gasteiger partial charge in [-0.25, -0.2) is 8.42 Å². The number of rotatable bonds is 5. The predicted octanol–water partition coefficient (Wildman–Crippen LogP) is 2.51. The lowest BCUT2D eigenvalue weighted by molar-refractivity contribution is 0.201. The monoisotopic (exact) mass is 306 g/mol. The van der Waals surface area contributed by atoms with E-state index in [1.807, 2.05) is 6.92 Å². The quantitative estimate of drug-likeness (QED) is 0.922. The van der Waals surface area contributed by atoms with Crippen LogP contribution in [0, 0.1) is 6.92 Å². The Morgan fingerprint density at radius 3 is 2.43 bits per heavy atom. The highest BCUT2D eigenvalue weighted by atomic mass is 32.2. The molecule has 0 saturated carbocycles. The van der Waals surface area contributed by atoms with E-state index < -0.39 is 15.9 Å². The van der Waals surface area contributed by atoms with Gasteiger partial charge in [-0.2, -0.15) is 0 Å². The molecule has 0 amide bonds. The van der Waals surface area contributed by atoms with Crippen molar-refractivity contribution >= 4 is 9.84 Å². The summed E-state index contributed by atoms with van der Waals surface area (Å²) in [4.78, 5) is 0.218. The molecule has 0 aliphatic rings. The van der Waals surface area contributed by atoms with E-state index >= 15 is 0 Å². The molecule has 0 spiro atoms. The molecule has 0 aromatic heterocycles. The van der Waals surface area contributed by atoms with Crippen LogP contribution in [0.1, 0.15) is 17.2 Å². The lowest BCUT2D eigenvalue weighted by Crippen LogP contribution is -2.14. The molecule has 2 aromatic rings. The van der Waals surface area contributed by atoms with Crippen molar-refractivity contribution in [2.75, 3.05) is 12.9 Å². The standard InChI is InChI=1S/C16H18O4S/c1-12-6-8-15(9-7-12)21(18,19)11-16(17)13-4-3-5-14(10-13)20-2/h3-10,16-17H,11H2,1-2H3. The van der Waals surface area contributed by atoms with Crippen LogP contribution in [0.5, 0.6) is 5.75 Å². The highest BCUT2D eigenvalue weighted by Gasteiger charge is 2.21. The molecule has 0 aliphatic carbocycles. The lowest BCUT2D eigenvalue weighted by atomic mass is 10.1. The van der Waals surface area contributed by atoms with Gasteiger partial charge in [0.15, 0.2) is 9.84 Å². The molecule has 0 saturated heterocycles. The molecule has 0 aliphatic heterocycles. The Labute approximate surface area is 124 Å². The van der Waals surface area contributed by atoms with Gasteiger partial charge in [0, 0.05) is 0 Å². The van der Waals surface area contributed by atoms with E-state index in [4.69, 9.17) is 4.74 Å². The Morgan fingerprint density at radius 2 is 1.81 bits per heavy atom. The summed E-state index contributed by atoms with van der Waals surface area (Å²) in [6.07, 6.45) is -1.09. The Hall–Kier alpha value is -1.85. The van der Waals surface area contributed by atoms with E-state index in [2.05, 4.69) is 0 Å². The summed E-state index contributed by atoms with van der Waals surface area (Å²) in [5, 5.41) is 10.2. The van der Waals surface area contributed by atoms with Crippen LogP contribution in [0.3, 0.4) is 0 Å². The molecule has 1 atom stereocenters. The summed E-state index contributed by atoms with van der Waals surface area (Å²) in [7, 11) is -2.01. The summed E-state index contributed by atoms with van der Waals surface area (Å²) in [6, 6.07) is 13.4. The fourth-order valence-corrected chi connectivity index (χ4v) is 3.35. The summed E-state index contributed by atoms with van der Waals surface area (Å²) >= 11 is 0. The third-order valence-corrected chi connectivity index (χ3v) is 4.98. The van der Waals surface area contributed by atoms with Gasteiger partial charge in [-0.15, -0.1) is 0 Å². The van der Waals surface area contributed by atoms with Gasteiger partial charge in [-0.1, -0.05) is 29.8 Å². The molecule has 2 rings (SSSR count). The second kappa shape index (κ2) is 6.28. The summed E-state index contributed by atoms with van der Waals surface area (Å²) in [6.45, 7) is 1.89. The van der Waals surface area contributed by atoms with E-state index in [1.165, 1.54) is 7.11 Å². The van der Waals surface area contributed by atoms with Crippen molar-refractivity contribution in [3.8, 4) is 5.75 Å². The molecule has 2 aromatic carbocycles. The largest absolute Gasteiger partial charge is 0.497 e. The van der Waals surface area contributed by atoms with Crippen LogP contribution < -0.4 is 4.74 Å². The summed E-state index contributed by atoms with van der Waals surface area (Å²) in [5.74, 6) is 0.225. The van der Waals surface area contributed by atoms with Crippen LogP contribution in [-0.2, 0) is 9.84 Å². The number of benzene rings is 2. The van der Waals surface area contributed by atoms with Crippen molar-refractivity contribution in [1.29, 1.82) is 0 Å². The first-order chi connectivity index (χ1) is 9.92. The normalized spacial score (nSPS) is 12.9. The first kappa shape index (κ1) is 15.5. The minimum atomic E-state index is -3.53. The molecule has 0 radical (unpaired) electrons. The fraction of sp³-hybridized carbons (Fsp3) is 0.250. The maximum Gasteiger partial charge on any atom is 0.181 e. The van der Waals surface area contributed by atoms with E-state index in [-0.39, 0.29) is 10.6 Å². The lowest BCUT2D eigenvalue weighted by Gasteiger charge is -2.13. The van der Waals surface area contributed by atoms with E-state index in [1.54, 1.807) is 48.5 Å². The molecule has 0 heterocycles. The zero-order valence-electron chi connectivity index (χ0n) is 12.0. The molecule has 0 bridgehead atoms. The first-order valence-electron chi connectivity index (χ1n) is 6.54. The number of hydrogen-bond donors (Lipinski definition) is 1. The Balaban J connectivity index is 2.21. The molecule has 112 valence electrons. The molecule has 1 unspecified atom stereocenters. The highest BCUT2D eigenvalue weighted by Crippen LogP contribution is 2.23. The average Bonchev–Trinajstić information content (AvgIpc) is 2.47. The third kappa shape index (κ3) is 3.83. The van der Waals surface area contributed by atoms with E-state index in [0.717, 1.165) is 5.56 Å². The van der Waals surface area contributed by atoms with Crippen molar-refractivity contribution in [1.82, 2.24) is 0 Å². The van der Waals surface area contributed by atoms with Crippen molar-refractivity contribution < 1.29 is 18.3 Å². The van der Waals surface area contributed by atoms with Gasteiger partial charge < -0.3 is 9.84 Å². The topological polar surface area (TPSA) is 63.6 Å². The van der Waals surface area contributed by atoms with E-state index in [9.17, 15) is 13.5 Å². The van der Waals surface area contributed by atoms with Crippen LogP contribution >= 0.6 is 0 Å². The van der Waals surface area contributed by atoms with Gasteiger partial charge in [-0.3, -0.25) is 0 Å². The second-order valence-corrected chi connectivity index (χ2v) is 6.92. The summed E-state index contributed by atoms with van der Waals surface area (Å²) < 4.78 is 29.7. The third-order valence-electron chi connectivity index (χ3n) is 3.24. The SMILES string of the molecule is COc1cccc(C(O)CS(=O)(=O)c2ccc(C)cc2)c1. The minimum absolute atomic E-state index is 0.218. The highest BCUT2D eigenvalue weighted by molar-refractivity contribution is 7.91. The predicted molar refractivity (Wildman–Crippen MR) is 81.2 cm³/mol. The maximum atomic E-state index is 12.3. The van der Waals surface area contributed by atoms with Gasteiger partial charge in [0.25, 0.3) is 0 Å². The molecule has 21 heavy (non-hydrogen) atoms. The maximum absolute atomic E-state index is 12.3. The Bertz CT molecular complexity index is 705. The molecular weight excluding hydrogens is 288 g/mol. The number of aryl methyl sites for hydroxylation is 1. The molecule has 4 nitrogen and oxygen atoms in total. The molecule has 1 N–H and O–H groups in total. The zero-order chi connectivity index (χ0) is 15.5. The fourth-order valence-electron chi connectivity index (χ4n) is 1.99. The zero-order valence-corrected chi connectivity index (χ0v) is 12.8. The minimum Gasteiger partial charge on any atom is -0.497 e. The van der Waals surface area contributed by atoms with Crippen LogP contribution in [0.25, 0.3) is 0 Å². The van der Waals surface area contributed by atoms with Gasteiger partial charge >= 0.3 is 0 Å². The van der Waals surface area contributed by atoms with Crippen molar-refractivity contribution in [3.05, 3.63) is 59.7 Å². The molecule has 5 heteroatoms. The number of methoxy groups -OCH3 is 1. The van der Waals surface area contributed by atoms with Crippen LogP contribution in [0.4, 0.5) is 0 Å². The number of sulfone groups is 1. The van der Waals surface area contributed by atoms with Crippen LogP contribution in [0.15, 0.2) is 53.4 Å². The average molecular weight is 306 g/mol. The Morgan fingerprint density at radius 1 is 1.14 bits per heavy atom. The van der Waals surface area contributed by atoms with Crippen molar-refractivity contribution in [3.63, 3.8) is 0 Å². The number of hydrogen-bond acceptors (Lipinski definition) is 4. The van der Waals surface area contributed by atoms with Crippen LogP contribution in [0.2, 0.25) is 0 Å². The summed E-state index contributed by atoms with van der Waals surface area (Å²) in [5.41, 5.74) is 1.51. The number of ether oxygens (including phenoxy) is 1. The Kier molecular flexibility index (Phi) is 4.65. The van der Waals surface area contributed by atoms with Gasteiger partial charge in [0.1, 0.15) is 5.75 Å². The van der Waals surface area contributed by atoms with Gasteiger partial charge in [0.2, 0.25) is 0 Å². The number of aliphatic hydroxyl groups is 1. The molecule has 0 fully saturated rings. The smallest absolute Gasteiger partial charge is 0.181 e. The molecular formula is C16H18O4S. The van der Waals surface area contributed by atoms with Crippen molar-refractivity contribution in [2.45, 2.75) is 17.9 Å².